The average molecular weight is 383 g/mol. The zero-order chi connectivity index (χ0) is 21.1. The number of hydrogen-bond donors (Lipinski definition) is 2. The van der Waals surface area contributed by atoms with Crippen molar-refractivity contribution in [3.8, 4) is 0 Å². The molecule has 0 aromatic heterocycles. The topological polar surface area (TPSA) is 64.0 Å². The molecule has 1 aliphatic carbocycles. The van der Waals surface area contributed by atoms with Gasteiger partial charge < -0.3 is 4.90 Å². The van der Waals surface area contributed by atoms with Crippen molar-refractivity contribution in [1.82, 2.24) is 10.1 Å². The summed E-state index contributed by atoms with van der Waals surface area (Å²) in [5, 5.41) is 17.6. The van der Waals surface area contributed by atoms with Crippen LogP contribution in [-0.4, -0.2) is 46.0 Å². The van der Waals surface area contributed by atoms with Crippen molar-refractivity contribution in [2.75, 3.05) is 19.6 Å². The number of hydroxylamine groups is 2. The number of rotatable bonds is 5. The molecule has 0 atom stereocenters. The number of allylic oxidation sites excluding steroid dienone is 5. The van der Waals surface area contributed by atoms with Gasteiger partial charge in [0.2, 0.25) is 0 Å². The summed E-state index contributed by atoms with van der Waals surface area (Å²) in [7, 11) is 0. The largest absolute Gasteiger partial charge is 0.303 e. The Bertz CT molecular complexity index is 446. The van der Waals surface area contributed by atoms with Crippen LogP contribution in [0.15, 0.2) is 35.6 Å². The molecule has 0 spiro atoms. The van der Waals surface area contributed by atoms with Gasteiger partial charge in [-0.2, -0.15) is 0 Å². The van der Waals surface area contributed by atoms with Gasteiger partial charge in [0.15, 0.2) is 0 Å². The van der Waals surface area contributed by atoms with Crippen molar-refractivity contribution in [1.29, 1.82) is 0 Å². The monoisotopic (exact) mass is 382 g/mol. The summed E-state index contributed by atoms with van der Waals surface area (Å²) in [5.41, 5.74) is 1.24. The van der Waals surface area contributed by atoms with Crippen LogP contribution in [0.25, 0.3) is 0 Å². The predicted molar refractivity (Wildman–Crippen MR) is 114 cm³/mol. The second-order valence-electron chi connectivity index (χ2n) is 6.08. The van der Waals surface area contributed by atoms with Crippen LogP contribution in [-0.2, 0) is 4.79 Å². The molecule has 158 valence electrons. The van der Waals surface area contributed by atoms with Gasteiger partial charge >= 0.3 is 0 Å². The molecular weight excluding hydrogens is 340 g/mol. The summed E-state index contributed by atoms with van der Waals surface area (Å²) in [6.07, 6.45) is 13.3. The molecule has 2 aliphatic rings. The maximum atomic E-state index is 10.8. The van der Waals surface area contributed by atoms with Gasteiger partial charge in [-0.3, -0.25) is 15.2 Å². The highest BCUT2D eigenvalue weighted by Gasteiger charge is 2.07. The van der Waals surface area contributed by atoms with Gasteiger partial charge in [0, 0.05) is 12.8 Å². The Balaban J connectivity index is 0. The van der Waals surface area contributed by atoms with E-state index in [0.717, 1.165) is 5.57 Å². The molecule has 0 saturated carbocycles. The SMILES string of the molecule is CC.CC.CC(=O)CC1=CC=C(N(O)O)CC=C1.CCCN1CCCCC1. The molecule has 1 heterocycles. The summed E-state index contributed by atoms with van der Waals surface area (Å²) in [4.78, 5) is 13.4. The molecule has 1 fully saturated rings. The lowest BCUT2D eigenvalue weighted by molar-refractivity contribution is -0.279. The first kappa shape index (κ1) is 27.8. The van der Waals surface area contributed by atoms with Crippen LogP contribution >= 0.6 is 0 Å². The van der Waals surface area contributed by atoms with Crippen LogP contribution in [0.4, 0.5) is 0 Å². The highest BCUT2D eigenvalue weighted by Crippen LogP contribution is 2.14. The Morgan fingerprint density at radius 1 is 1.07 bits per heavy atom. The van der Waals surface area contributed by atoms with E-state index in [4.69, 9.17) is 10.4 Å². The molecule has 2 rings (SSSR count). The third kappa shape index (κ3) is 15.3. The molecule has 0 unspecified atom stereocenters. The van der Waals surface area contributed by atoms with Crippen molar-refractivity contribution in [3.05, 3.63) is 35.6 Å². The Kier molecular flexibility index (Phi) is 19.9. The third-order valence-electron chi connectivity index (χ3n) is 3.85. The summed E-state index contributed by atoms with van der Waals surface area (Å²) < 4.78 is 0. The van der Waals surface area contributed by atoms with E-state index in [1.165, 1.54) is 52.2 Å². The van der Waals surface area contributed by atoms with E-state index in [9.17, 15) is 4.79 Å². The van der Waals surface area contributed by atoms with E-state index in [2.05, 4.69) is 11.8 Å². The zero-order valence-corrected chi connectivity index (χ0v) is 18.4. The summed E-state index contributed by atoms with van der Waals surface area (Å²) >= 11 is 0. The molecule has 2 N–H and O–H groups in total. The van der Waals surface area contributed by atoms with Crippen LogP contribution < -0.4 is 0 Å². The lowest BCUT2D eigenvalue weighted by atomic mass is 10.1. The first-order valence-electron chi connectivity index (χ1n) is 10.5. The Labute approximate surface area is 167 Å². The Morgan fingerprint density at radius 2 is 1.67 bits per heavy atom. The zero-order valence-electron chi connectivity index (χ0n) is 18.4. The van der Waals surface area contributed by atoms with E-state index in [0.29, 0.717) is 18.5 Å². The number of piperidine rings is 1. The number of carbonyl (C=O) groups excluding carboxylic acids is 1. The fourth-order valence-electron chi connectivity index (χ4n) is 2.71. The summed E-state index contributed by atoms with van der Waals surface area (Å²) in [6.45, 7) is 15.8. The number of Topliss-reactive ketones (excluding diaryl/α,β-unsaturated/α-hetero) is 1. The number of ketones is 1. The average Bonchev–Trinajstić information content (AvgIpc) is 2.92. The van der Waals surface area contributed by atoms with Gasteiger partial charge in [-0.25, -0.2) is 0 Å². The Morgan fingerprint density at radius 3 is 2.15 bits per heavy atom. The highest BCUT2D eigenvalue weighted by molar-refractivity contribution is 5.78. The molecular formula is C22H42N2O3. The van der Waals surface area contributed by atoms with Crippen LogP contribution in [0.2, 0.25) is 0 Å². The van der Waals surface area contributed by atoms with Crippen molar-refractivity contribution in [2.24, 2.45) is 0 Å². The molecule has 1 aliphatic heterocycles. The minimum absolute atomic E-state index is 0.0857. The lowest BCUT2D eigenvalue weighted by Crippen LogP contribution is -2.30. The Hall–Kier alpha value is -1.43. The molecule has 0 bridgehead atoms. The van der Waals surface area contributed by atoms with E-state index in [1.54, 1.807) is 18.2 Å². The third-order valence-corrected chi connectivity index (χ3v) is 3.85. The minimum Gasteiger partial charge on any atom is -0.303 e. The van der Waals surface area contributed by atoms with Crippen LogP contribution in [0, 0.1) is 0 Å². The standard InChI is InChI=1S/C10H13NO3.C8H17N.2C2H6/c1-8(12)7-9-3-2-4-10(6-5-9)11(13)14;1-2-6-9-7-4-3-5-8-9;2*1-2/h2-3,5-6,13-14H,4,7H2,1H3;2-8H2,1H3;2*1-2H3. The fourth-order valence-corrected chi connectivity index (χ4v) is 2.71. The molecule has 0 radical (unpaired) electrons. The van der Waals surface area contributed by atoms with Crippen molar-refractivity contribution in [2.45, 2.75) is 80.1 Å². The normalized spacial score (nSPS) is 16.0. The van der Waals surface area contributed by atoms with Gasteiger partial charge in [0.25, 0.3) is 0 Å². The first-order chi connectivity index (χ1) is 13.0. The van der Waals surface area contributed by atoms with Crippen molar-refractivity contribution >= 4 is 5.78 Å². The van der Waals surface area contributed by atoms with Gasteiger partial charge in [-0.1, -0.05) is 59.3 Å². The van der Waals surface area contributed by atoms with E-state index in [1.807, 2.05) is 33.8 Å². The molecule has 0 aromatic rings. The maximum Gasteiger partial charge on any atom is 0.134 e. The van der Waals surface area contributed by atoms with Crippen LogP contribution in [0.5, 0.6) is 0 Å². The lowest BCUT2D eigenvalue weighted by Gasteiger charge is -2.25. The second-order valence-corrected chi connectivity index (χ2v) is 6.08. The summed E-state index contributed by atoms with van der Waals surface area (Å²) in [5.74, 6) is 0.0857. The fraction of sp³-hybridized carbons (Fsp3) is 0.682. The van der Waals surface area contributed by atoms with E-state index < -0.39 is 0 Å². The van der Waals surface area contributed by atoms with Crippen LogP contribution in [0.3, 0.4) is 0 Å². The summed E-state index contributed by atoms with van der Waals surface area (Å²) in [6, 6.07) is 0. The number of carbonyl (C=O) groups is 1. The van der Waals surface area contributed by atoms with Crippen molar-refractivity contribution in [3.63, 3.8) is 0 Å². The molecule has 5 nitrogen and oxygen atoms in total. The van der Waals surface area contributed by atoms with E-state index in [-0.39, 0.29) is 11.0 Å². The molecule has 0 aromatic carbocycles. The van der Waals surface area contributed by atoms with Gasteiger partial charge in [0.05, 0.1) is 5.70 Å². The molecule has 0 amide bonds. The highest BCUT2D eigenvalue weighted by atomic mass is 16.8. The molecule has 1 saturated heterocycles. The van der Waals surface area contributed by atoms with Crippen LogP contribution in [0.1, 0.15) is 80.1 Å². The predicted octanol–water partition coefficient (Wildman–Crippen LogP) is 5.75. The minimum atomic E-state index is 0.0857. The molecule has 27 heavy (non-hydrogen) atoms. The first-order valence-corrected chi connectivity index (χ1v) is 10.5. The quantitative estimate of drug-likeness (QED) is 0.593. The number of likely N-dealkylation sites (tertiary alicyclic amines) is 1. The van der Waals surface area contributed by atoms with Gasteiger partial charge in [-0.15, -0.1) is 5.23 Å². The smallest absolute Gasteiger partial charge is 0.134 e. The maximum absolute atomic E-state index is 10.8. The van der Waals surface area contributed by atoms with Crippen molar-refractivity contribution < 1.29 is 15.2 Å². The van der Waals surface area contributed by atoms with Gasteiger partial charge in [0.1, 0.15) is 5.78 Å². The molecule has 5 heteroatoms. The number of hydrogen-bond acceptors (Lipinski definition) is 5. The van der Waals surface area contributed by atoms with Gasteiger partial charge in [-0.05, 0) is 57.5 Å². The number of nitrogens with zero attached hydrogens (tertiary/aromatic N) is 2. The van der Waals surface area contributed by atoms with E-state index >= 15 is 0 Å². The second kappa shape index (κ2) is 19.3.